The molecule has 0 aliphatic rings. The topological polar surface area (TPSA) is 98.2 Å². The number of nitrogens with one attached hydrogen (secondary N) is 1. The summed E-state index contributed by atoms with van der Waals surface area (Å²) in [4.78, 5) is -0.128. The normalized spacial score (nSPS) is 11.3. The highest BCUT2D eigenvalue weighted by Crippen LogP contribution is 2.28. The minimum atomic E-state index is -3.87. The molecule has 0 fully saturated rings. The third-order valence-corrected chi connectivity index (χ3v) is 3.70. The Hall–Kier alpha value is -1.83. The van der Waals surface area contributed by atoms with Crippen LogP contribution in [0.3, 0.4) is 0 Å². The summed E-state index contributed by atoms with van der Waals surface area (Å²) >= 11 is 5.77. The van der Waals surface area contributed by atoms with E-state index in [-0.39, 0.29) is 22.0 Å². The lowest BCUT2D eigenvalue weighted by Crippen LogP contribution is -2.12. The molecule has 0 heterocycles. The number of hydrogen-bond donors (Lipinski definition) is 3. The van der Waals surface area contributed by atoms with Crippen molar-refractivity contribution in [2.45, 2.75) is 4.90 Å². The molecule has 0 aromatic heterocycles. The van der Waals surface area contributed by atoms with Crippen LogP contribution in [0.5, 0.6) is 0 Å². The van der Waals surface area contributed by atoms with Crippen molar-refractivity contribution in [3.8, 4) is 0 Å². The van der Waals surface area contributed by atoms with Crippen molar-refractivity contribution in [2.24, 2.45) is 5.14 Å². The molecular weight excluding hydrogens is 305 g/mol. The van der Waals surface area contributed by atoms with Crippen LogP contribution in [0.2, 0.25) is 5.02 Å². The molecule has 5 nitrogen and oxygen atoms in total. The zero-order valence-corrected chi connectivity index (χ0v) is 11.7. The van der Waals surface area contributed by atoms with Crippen LogP contribution in [0.1, 0.15) is 0 Å². The van der Waals surface area contributed by atoms with Crippen molar-refractivity contribution >= 4 is 38.7 Å². The van der Waals surface area contributed by atoms with Gasteiger partial charge in [-0.05, 0) is 36.4 Å². The van der Waals surface area contributed by atoms with E-state index in [0.717, 1.165) is 0 Å². The monoisotopic (exact) mass is 315 g/mol. The Morgan fingerprint density at radius 1 is 1.10 bits per heavy atom. The zero-order valence-electron chi connectivity index (χ0n) is 10.1. The fourth-order valence-electron chi connectivity index (χ4n) is 1.56. The van der Waals surface area contributed by atoms with E-state index in [0.29, 0.717) is 5.02 Å². The summed E-state index contributed by atoms with van der Waals surface area (Å²) in [6.07, 6.45) is 0. The Balaban J connectivity index is 2.45. The van der Waals surface area contributed by atoms with Crippen molar-refractivity contribution in [3.63, 3.8) is 0 Å². The number of anilines is 3. The molecule has 2 aromatic rings. The SMILES string of the molecule is Nc1ccc(S(N)(=O)=O)cc1Nc1cc(Cl)ccc1F. The fourth-order valence-corrected chi connectivity index (χ4v) is 2.27. The highest BCUT2D eigenvalue weighted by Gasteiger charge is 2.12. The van der Waals surface area contributed by atoms with Crippen LogP contribution in [0, 0.1) is 5.82 Å². The van der Waals surface area contributed by atoms with E-state index in [2.05, 4.69) is 5.32 Å². The molecule has 8 heteroatoms. The number of rotatable bonds is 3. The number of halogens is 2. The standard InChI is InChI=1S/C12H11ClFN3O2S/c13-7-1-3-9(14)11(5-7)17-12-6-8(20(16,18)19)2-4-10(12)15/h1-6,17H,15H2,(H2,16,18,19). The summed E-state index contributed by atoms with van der Waals surface area (Å²) in [7, 11) is -3.87. The van der Waals surface area contributed by atoms with Gasteiger partial charge >= 0.3 is 0 Å². The summed E-state index contributed by atoms with van der Waals surface area (Å²) in [6, 6.07) is 7.80. The number of nitrogen functional groups attached to an aromatic ring is 1. The molecule has 0 unspecified atom stereocenters. The van der Waals surface area contributed by atoms with Crippen LogP contribution in [-0.2, 0) is 10.0 Å². The van der Waals surface area contributed by atoms with Crippen LogP contribution in [0.25, 0.3) is 0 Å². The second-order valence-corrected chi connectivity index (χ2v) is 6.04. The van der Waals surface area contributed by atoms with Crippen molar-refractivity contribution in [2.75, 3.05) is 11.1 Å². The van der Waals surface area contributed by atoms with Gasteiger partial charge < -0.3 is 11.1 Å². The van der Waals surface area contributed by atoms with E-state index in [1.165, 1.54) is 36.4 Å². The number of sulfonamides is 1. The number of primary sulfonamides is 1. The molecule has 5 N–H and O–H groups in total. The lowest BCUT2D eigenvalue weighted by molar-refractivity contribution is 0.598. The van der Waals surface area contributed by atoms with Crippen molar-refractivity contribution in [3.05, 3.63) is 47.2 Å². The van der Waals surface area contributed by atoms with Gasteiger partial charge in [-0.2, -0.15) is 0 Å². The van der Waals surface area contributed by atoms with E-state index in [4.69, 9.17) is 22.5 Å². The number of nitrogens with two attached hydrogens (primary N) is 2. The van der Waals surface area contributed by atoms with Gasteiger partial charge in [-0.25, -0.2) is 17.9 Å². The average Bonchev–Trinajstić information content (AvgIpc) is 2.35. The predicted octanol–water partition coefficient (Wildman–Crippen LogP) is 2.45. The van der Waals surface area contributed by atoms with Crippen LogP contribution in [-0.4, -0.2) is 8.42 Å². The first-order valence-corrected chi connectivity index (χ1v) is 7.34. The highest BCUT2D eigenvalue weighted by molar-refractivity contribution is 7.89. The highest BCUT2D eigenvalue weighted by atomic mass is 35.5. The van der Waals surface area contributed by atoms with Gasteiger partial charge in [0, 0.05) is 5.02 Å². The van der Waals surface area contributed by atoms with Crippen molar-refractivity contribution < 1.29 is 12.8 Å². The maximum absolute atomic E-state index is 13.6. The Morgan fingerprint density at radius 3 is 2.45 bits per heavy atom. The third kappa shape index (κ3) is 3.19. The van der Waals surface area contributed by atoms with E-state index in [1.54, 1.807) is 0 Å². The zero-order chi connectivity index (χ0) is 14.9. The third-order valence-electron chi connectivity index (χ3n) is 2.55. The first-order valence-electron chi connectivity index (χ1n) is 5.42. The molecule has 106 valence electrons. The quantitative estimate of drug-likeness (QED) is 0.758. The maximum atomic E-state index is 13.6. The van der Waals surface area contributed by atoms with Crippen molar-refractivity contribution in [1.82, 2.24) is 0 Å². The molecule has 0 atom stereocenters. The van der Waals surface area contributed by atoms with Gasteiger partial charge in [-0.3, -0.25) is 0 Å². The van der Waals surface area contributed by atoms with Crippen LogP contribution < -0.4 is 16.2 Å². The van der Waals surface area contributed by atoms with Crippen molar-refractivity contribution in [1.29, 1.82) is 0 Å². The summed E-state index contributed by atoms with van der Waals surface area (Å²) in [5.41, 5.74) is 6.26. The molecule has 2 aromatic carbocycles. The molecule has 0 amide bonds. The number of benzene rings is 2. The smallest absolute Gasteiger partial charge is 0.238 e. The van der Waals surface area contributed by atoms with Gasteiger partial charge in [0.15, 0.2) is 0 Å². The largest absolute Gasteiger partial charge is 0.397 e. The average molecular weight is 316 g/mol. The Morgan fingerprint density at radius 2 is 1.80 bits per heavy atom. The Labute approximate surface area is 120 Å². The molecule has 0 aliphatic carbocycles. The molecular formula is C12H11ClFN3O2S. The van der Waals surface area contributed by atoms with Gasteiger partial charge in [0.05, 0.1) is 22.0 Å². The minimum Gasteiger partial charge on any atom is -0.397 e. The second kappa shape index (κ2) is 5.28. The van der Waals surface area contributed by atoms with Crippen LogP contribution >= 0.6 is 11.6 Å². The molecule has 0 aliphatic heterocycles. The van der Waals surface area contributed by atoms with E-state index < -0.39 is 15.8 Å². The fraction of sp³-hybridized carbons (Fsp3) is 0. The first-order chi connectivity index (χ1) is 9.27. The lowest BCUT2D eigenvalue weighted by atomic mass is 10.2. The summed E-state index contributed by atoms with van der Waals surface area (Å²) in [5, 5.41) is 8.05. The van der Waals surface area contributed by atoms with Gasteiger partial charge in [-0.1, -0.05) is 11.6 Å². The van der Waals surface area contributed by atoms with Gasteiger partial charge in [0.1, 0.15) is 5.82 Å². The molecule has 0 spiro atoms. The van der Waals surface area contributed by atoms with E-state index >= 15 is 0 Å². The van der Waals surface area contributed by atoms with E-state index in [9.17, 15) is 12.8 Å². The Kier molecular flexibility index (Phi) is 3.85. The Bertz CT molecular complexity index is 765. The first kappa shape index (κ1) is 14.6. The van der Waals surface area contributed by atoms with E-state index in [1.807, 2.05) is 0 Å². The summed E-state index contributed by atoms with van der Waals surface area (Å²) in [5.74, 6) is -0.546. The molecule has 20 heavy (non-hydrogen) atoms. The van der Waals surface area contributed by atoms with Crippen LogP contribution in [0.15, 0.2) is 41.3 Å². The number of hydrogen-bond acceptors (Lipinski definition) is 4. The van der Waals surface area contributed by atoms with Gasteiger partial charge in [-0.15, -0.1) is 0 Å². The van der Waals surface area contributed by atoms with Gasteiger partial charge in [0.25, 0.3) is 0 Å². The summed E-state index contributed by atoms with van der Waals surface area (Å²) < 4.78 is 36.2. The molecule has 2 rings (SSSR count). The summed E-state index contributed by atoms with van der Waals surface area (Å²) in [6.45, 7) is 0. The molecule has 0 saturated heterocycles. The molecule has 0 bridgehead atoms. The molecule has 0 saturated carbocycles. The second-order valence-electron chi connectivity index (χ2n) is 4.04. The maximum Gasteiger partial charge on any atom is 0.238 e. The van der Waals surface area contributed by atoms with Gasteiger partial charge in [0.2, 0.25) is 10.0 Å². The minimum absolute atomic E-state index is 0.0794. The van der Waals surface area contributed by atoms with Crippen LogP contribution in [0.4, 0.5) is 21.5 Å². The molecule has 0 radical (unpaired) electrons. The predicted molar refractivity (Wildman–Crippen MR) is 76.9 cm³/mol. The lowest BCUT2D eigenvalue weighted by Gasteiger charge is -2.11.